The first kappa shape index (κ1) is 7.73. The first-order valence-electron chi connectivity index (χ1n) is 3.55. The van der Waals surface area contributed by atoms with Gasteiger partial charge in [0, 0.05) is 0 Å². The summed E-state index contributed by atoms with van der Waals surface area (Å²) in [5.74, 6) is 0.797. The number of carbonyl (C=O) groups excluding carboxylic acids is 1. The summed E-state index contributed by atoms with van der Waals surface area (Å²) in [7, 11) is 0. The lowest BCUT2D eigenvalue weighted by Crippen LogP contribution is -2.21. The molecule has 0 saturated carbocycles. The molecule has 0 aromatic carbocycles. The number of Topliss-reactive ketones (excluding diaryl/α,β-unsaturated/α-hetero) is 1. The molecule has 0 saturated heterocycles. The van der Waals surface area contributed by atoms with Crippen LogP contribution in [0.4, 0.5) is 0 Å². The molecule has 1 aromatic heterocycles. The number of carbonyl (C=O) groups is 1. The molecule has 0 radical (unpaired) electrons. The molecule has 3 nitrogen and oxygen atoms in total. The molecule has 2 heterocycles. The molecular formula is C8H6BrNO2. The van der Waals surface area contributed by atoms with Crippen LogP contribution >= 0.6 is 15.9 Å². The molecule has 4 heteroatoms. The van der Waals surface area contributed by atoms with Gasteiger partial charge in [-0.2, -0.15) is 0 Å². The molecule has 0 spiro atoms. The van der Waals surface area contributed by atoms with Crippen molar-refractivity contribution in [1.29, 1.82) is 0 Å². The summed E-state index contributed by atoms with van der Waals surface area (Å²) in [6.45, 7) is 0.177. The summed E-state index contributed by atoms with van der Waals surface area (Å²) >= 11 is 3.23. The van der Waals surface area contributed by atoms with Gasteiger partial charge >= 0.3 is 0 Å². The van der Waals surface area contributed by atoms with Crippen LogP contribution in [-0.4, -0.2) is 17.4 Å². The predicted molar refractivity (Wildman–Crippen MR) is 46.1 cm³/mol. The van der Waals surface area contributed by atoms with Crippen LogP contribution in [0.3, 0.4) is 0 Å². The van der Waals surface area contributed by atoms with Crippen molar-refractivity contribution in [2.24, 2.45) is 0 Å². The Kier molecular flexibility index (Phi) is 1.84. The Bertz CT molecular complexity index is 338. The second-order valence-electron chi connectivity index (χ2n) is 2.58. The monoisotopic (exact) mass is 227 g/mol. The summed E-state index contributed by atoms with van der Waals surface area (Å²) in [5, 5.41) is 0. The van der Waals surface area contributed by atoms with Gasteiger partial charge in [0.25, 0.3) is 0 Å². The van der Waals surface area contributed by atoms with Gasteiger partial charge in [-0.1, -0.05) is 0 Å². The van der Waals surface area contributed by atoms with Gasteiger partial charge in [-0.25, -0.2) is 4.98 Å². The molecule has 0 fully saturated rings. The Balaban J connectivity index is 2.44. The third-order valence-corrected chi connectivity index (χ3v) is 2.09. The number of fused-ring (bicyclic) bond motifs is 1. The van der Waals surface area contributed by atoms with Gasteiger partial charge in [0.05, 0.1) is 12.1 Å². The highest BCUT2D eigenvalue weighted by atomic mass is 79.9. The van der Waals surface area contributed by atoms with Crippen LogP contribution < -0.4 is 4.74 Å². The van der Waals surface area contributed by atoms with Gasteiger partial charge in [0.1, 0.15) is 17.0 Å². The van der Waals surface area contributed by atoms with E-state index in [0.717, 1.165) is 16.0 Å². The average Bonchev–Trinajstić information content (AvgIpc) is 2.03. The van der Waals surface area contributed by atoms with Gasteiger partial charge in [-0.3, -0.25) is 4.79 Å². The van der Waals surface area contributed by atoms with E-state index in [0.29, 0.717) is 6.42 Å². The van der Waals surface area contributed by atoms with Crippen molar-refractivity contribution in [2.45, 2.75) is 6.42 Å². The molecule has 0 atom stereocenters. The van der Waals surface area contributed by atoms with Crippen LogP contribution in [0.2, 0.25) is 0 Å². The summed E-state index contributed by atoms with van der Waals surface area (Å²) in [4.78, 5) is 15.1. The number of halogens is 1. The van der Waals surface area contributed by atoms with Gasteiger partial charge in [-0.05, 0) is 28.1 Å². The van der Waals surface area contributed by atoms with Crippen molar-refractivity contribution in [3.8, 4) is 5.75 Å². The Morgan fingerprint density at radius 1 is 1.50 bits per heavy atom. The molecule has 2 rings (SSSR count). The summed E-state index contributed by atoms with van der Waals surface area (Å²) in [5.41, 5.74) is 0.723. The van der Waals surface area contributed by atoms with Crippen LogP contribution in [0.1, 0.15) is 5.69 Å². The van der Waals surface area contributed by atoms with Crippen LogP contribution in [0.25, 0.3) is 0 Å². The number of hydrogen-bond acceptors (Lipinski definition) is 3. The van der Waals surface area contributed by atoms with Gasteiger partial charge in [0.2, 0.25) is 0 Å². The fraction of sp³-hybridized carbons (Fsp3) is 0.250. The SMILES string of the molecule is O=C1COc2ccc(Br)nc2C1. The van der Waals surface area contributed by atoms with Gasteiger partial charge in [0.15, 0.2) is 5.78 Å². The minimum atomic E-state index is 0.0769. The van der Waals surface area contributed by atoms with Crippen molar-refractivity contribution < 1.29 is 9.53 Å². The zero-order valence-corrected chi connectivity index (χ0v) is 7.80. The highest BCUT2D eigenvalue weighted by Crippen LogP contribution is 2.23. The van der Waals surface area contributed by atoms with Crippen molar-refractivity contribution >= 4 is 21.7 Å². The van der Waals surface area contributed by atoms with E-state index in [9.17, 15) is 4.79 Å². The number of pyridine rings is 1. The Morgan fingerprint density at radius 2 is 2.33 bits per heavy atom. The smallest absolute Gasteiger partial charge is 0.176 e. The summed E-state index contributed by atoms with van der Waals surface area (Å²) in [6, 6.07) is 3.62. The predicted octanol–water partition coefficient (Wildman–Crippen LogP) is 1.35. The fourth-order valence-corrected chi connectivity index (χ4v) is 1.46. The molecule has 1 aliphatic heterocycles. The molecule has 1 aliphatic rings. The van der Waals surface area contributed by atoms with E-state index >= 15 is 0 Å². The Morgan fingerprint density at radius 3 is 3.17 bits per heavy atom. The molecule has 1 aromatic rings. The summed E-state index contributed by atoms with van der Waals surface area (Å²) < 4.78 is 5.89. The number of hydrogen-bond donors (Lipinski definition) is 0. The largest absolute Gasteiger partial charge is 0.484 e. The van der Waals surface area contributed by atoms with Crippen LogP contribution in [0, 0.1) is 0 Å². The average molecular weight is 228 g/mol. The van der Waals surface area contributed by atoms with Crippen molar-refractivity contribution in [1.82, 2.24) is 4.98 Å². The molecule has 12 heavy (non-hydrogen) atoms. The van der Waals surface area contributed by atoms with Crippen LogP contribution in [0.5, 0.6) is 5.75 Å². The molecule has 0 unspecified atom stereocenters. The van der Waals surface area contributed by atoms with Crippen LogP contribution in [0.15, 0.2) is 16.7 Å². The number of ketones is 1. The Hall–Kier alpha value is -0.900. The maximum atomic E-state index is 11.0. The lowest BCUT2D eigenvalue weighted by molar-refractivity contribution is -0.121. The van der Waals surface area contributed by atoms with E-state index in [1.54, 1.807) is 6.07 Å². The van der Waals surface area contributed by atoms with Crippen molar-refractivity contribution in [3.05, 3.63) is 22.4 Å². The van der Waals surface area contributed by atoms with Gasteiger partial charge < -0.3 is 4.74 Å². The maximum absolute atomic E-state index is 11.0. The molecule has 0 aliphatic carbocycles. The Labute approximate surface area is 77.9 Å². The molecule has 0 bridgehead atoms. The zero-order valence-electron chi connectivity index (χ0n) is 6.21. The van der Waals surface area contributed by atoms with E-state index in [1.807, 2.05) is 6.07 Å². The zero-order chi connectivity index (χ0) is 8.55. The number of aromatic nitrogens is 1. The lowest BCUT2D eigenvalue weighted by atomic mass is 10.1. The normalized spacial score (nSPS) is 15.2. The second kappa shape index (κ2) is 2.86. The van der Waals surface area contributed by atoms with E-state index in [1.165, 1.54) is 0 Å². The third kappa shape index (κ3) is 1.34. The van der Waals surface area contributed by atoms with E-state index in [4.69, 9.17) is 4.74 Å². The number of rotatable bonds is 0. The maximum Gasteiger partial charge on any atom is 0.176 e. The molecule has 62 valence electrons. The minimum absolute atomic E-state index is 0.0769. The van der Waals surface area contributed by atoms with E-state index in [2.05, 4.69) is 20.9 Å². The minimum Gasteiger partial charge on any atom is -0.484 e. The highest BCUT2D eigenvalue weighted by molar-refractivity contribution is 9.10. The molecular weight excluding hydrogens is 222 g/mol. The first-order valence-corrected chi connectivity index (χ1v) is 4.35. The molecule has 0 amide bonds. The standard InChI is InChI=1S/C8H6BrNO2/c9-8-2-1-7-6(10-8)3-5(11)4-12-7/h1-2H,3-4H2. The fourth-order valence-electron chi connectivity index (χ4n) is 1.12. The van der Waals surface area contributed by atoms with E-state index < -0.39 is 0 Å². The van der Waals surface area contributed by atoms with Crippen molar-refractivity contribution in [3.63, 3.8) is 0 Å². The van der Waals surface area contributed by atoms with Crippen molar-refractivity contribution in [2.75, 3.05) is 6.61 Å². The van der Waals surface area contributed by atoms with Crippen LogP contribution in [-0.2, 0) is 11.2 Å². The van der Waals surface area contributed by atoms with Gasteiger partial charge in [-0.15, -0.1) is 0 Å². The second-order valence-corrected chi connectivity index (χ2v) is 3.40. The lowest BCUT2D eigenvalue weighted by Gasteiger charge is -2.14. The number of nitrogens with zero attached hydrogens (tertiary/aromatic N) is 1. The summed E-state index contributed by atoms with van der Waals surface area (Å²) in [6.07, 6.45) is 0.384. The van der Waals surface area contributed by atoms with E-state index in [-0.39, 0.29) is 12.4 Å². The highest BCUT2D eigenvalue weighted by Gasteiger charge is 2.17. The molecule has 0 N–H and O–H groups in total. The quantitative estimate of drug-likeness (QED) is 0.629. The topological polar surface area (TPSA) is 39.2 Å². The number of ether oxygens (including phenoxy) is 1. The first-order chi connectivity index (χ1) is 5.75. The third-order valence-electron chi connectivity index (χ3n) is 1.65.